The van der Waals surface area contributed by atoms with E-state index in [-0.39, 0.29) is 11.9 Å². The molecule has 0 bridgehead atoms. The van der Waals surface area contributed by atoms with E-state index in [1.54, 1.807) is 0 Å². The van der Waals surface area contributed by atoms with Crippen molar-refractivity contribution in [2.75, 3.05) is 19.8 Å². The van der Waals surface area contributed by atoms with Crippen LogP contribution in [-0.2, 0) is 9.53 Å². The molecule has 0 heterocycles. The molecule has 0 aromatic rings. The Kier molecular flexibility index (Phi) is 5.65. The SMILES string of the molecule is CCOCCCNC(C)C(=O)NC1CC1. The highest BCUT2D eigenvalue weighted by Gasteiger charge is 2.25. The molecular weight excluding hydrogens is 192 g/mol. The van der Waals surface area contributed by atoms with Crippen molar-refractivity contribution in [3.63, 3.8) is 0 Å². The molecule has 0 radical (unpaired) electrons. The molecule has 1 rings (SSSR count). The van der Waals surface area contributed by atoms with Crippen LogP contribution >= 0.6 is 0 Å². The molecule has 0 aromatic heterocycles. The summed E-state index contributed by atoms with van der Waals surface area (Å²) in [5, 5.41) is 6.16. The maximum Gasteiger partial charge on any atom is 0.237 e. The van der Waals surface area contributed by atoms with Crippen LogP contribution in [0, 0.1) is 0 Å². The van der Waals surface area contributed by atoms with Crippen LogP contribution in [0.3, 0.4) is 0 Å². The van der Waals surface area contributed by atoms with E-state index in [1.165, 1.54) is 0 Å². The van der Waals surface area contributed by atoms with Crippen molar-refractivity contribution in [3.05, 3.63) is 0 Å². The second kappa shape index (κ2) is 6.80. The van der Waals surface area contributed by atoms with E-state index < -0.39 is 0 Å². The summed E-state index contributed by atoms with van der Waals surface area (Å²) in [5.41, 5.74) is 0. The lowest BCUT2D eigenvalue weighted by Gasteiger charge is -2.13. The van der Waals surface area contributed by atoms with Crippen molar-refractivity contribution in [3.8, 4) is 0 Å². The van der Waals surface area contributed by atoms with Crippen LogP contribution < -0.4 is 10.6 Å². The van der Waals surface area contributed by atoms with Gasteiger partial charge in [-0.05, 0) is 39.7 Å². The van der Waals surface area contributed by atoms with Crippen LogP contribution in [0.15, 0.2) is 0 Å². The Morgan fingerprint density at radius 1 is 1.53 bits per heavy atom. The van der Waals surface area contributed by atoms with Crippen LogP contribution in [0.4, 0.5) is 0 Å². The van der Waals surface area contributed by atoms with Crippen molar-refractivity contribution in [2.24, 2.45) is 0 Å². The predicted octanol–water partition coefficient (Wildman–Crippen LogP) is 0.670. The minimum Gasteiger partial charge on any atom is -0.382 e. The third-order valence-electron chi connectivity index (χ3n) is 2.44. The van der Waals surface area contributed by atoms with Crippen LogP contribution in [0.1, 0.15) is 33.1 Å². The lowest BCUT2D eigenvalue weighted by molar-refractivity contribution is -0.122. The zero-order valence-corrected chi connectivity index (χ0v) is 9.71. The van der Waals surface area contributed by atoms with E-state index in [2.05, 4.69) is 10.6 Å². The van der Waals surface area contributed by atoms with Crippen LogP contribution in [0.25, 0.3) is 0 Å². The summed E-state index contributed by atoms with van der Waals surface area (Å²) in [6.45, 7) is 6.25. The number of nitrogens with one attached hydrogen (secondary N) is 2. The monoisotopic (exact) mass is 214 g/mol. The molecule has 1 fully saturated rings. The summed E-state index contributed by atoms with van der Waals surface area (Å²) >= 11 is 0. The molecule has 15 heavy (non-hydrogen) atoms. The van der Waals surface area contributed by atoms with Gasteiger partial charge in [0.1, 0.15) is 0 Å². The molecule has 1 unspecified atom stereocenters. The zero-order valence-electron chi connectivity index (χ0n) is 9.71. The highest BCUT2D eigenvalue weighted by Crippen LogP contribution is 2.18. The van der Waals surface area contributed by atoms with Crippen molar-refractivity contribution in [1.29, 1.82) is 0 Å². The highest BCUT2D eigenvalue weighted by atomic mass is 16.5. The van der Waals surface area contributed by atoms with Gasteiger partial charge in [0.2, 0.25) is 5.91 Å². The largest absolute Gasteiger partial charge is 0.382 e. The van der Waals surface area contributed by atoms with E-state index in [1.807, 2.05) is 13.8 Å². The van der Waals surface area contributed by atoms with Crippen molar-refractivity contribution in [1.82, 2.24) is 10.6 Å². The smallest absolute Gasteiger partial charge is 0.237 e. The standard InChI is InChI=1S/C11H22N2O2/c1-3-15-8-4-7-12-9(2)11(14)13-10-5-6-10/h9-10,12H,3-8H2,1-2H3,(H,13,14). The second-order valence-corrected chi connectivity index (χ2v) is 4.01. The summed E-state index contributed by atoms with van der Waals surface area (Å²) in [4.78, 5) is 11.5. The summed E-state index contributed by atoms with van der Waals surface area (Å²) in [7, 11) is 0. The van der Waals surface area contributed by atoms with Gasteiger partial charge in [0, 0.05) is 19.3 Å². The topological polar surface area (TPSA) is 50.4 Å². The van der Waals surface area contributed by atoms with Gasteiger partial charge in [-0.1, -0.05) is 0 Å². The van der Waals surface area contributed by atoms with Gasteiger partial charge in [-0.25, -0.2) is 0 Å². The number of rotatable bonds is 8. The minimum absolute atomic E-state index is 0.0905. The normalized spacial score (nSPS) is 17.5. The molecule has 1 atom stereocenters. The Hall–Kier alpha value is -0.610. The Morgan fingerprint density at radius 2 is 2.27 bits per heavy atom. The van der Waals surface area contributed by atoms with Gasteiger partial charge in [0.05, 0.1) is 6.04 Å². The van der Waals surface area contributed by atoms with Crippen molar-refractivity contribution < 1.29 is 9.53 Å². The molecule has 4 heteroatoms. The number of ether oxygens (including phenoxy) is 1. The van der Waals surface area contributed by atoms with Gasteiger partial charge >= 0.3 is 0 Å². The Morgan fingerprint density at radius 3 is 2.87 bits per heavy atom. The average molecular weight is 214 g/mol. The molecule has 1 aliphatic rings. The molecule has 0 spiro atoms. The average Bonchev–Trinajstić information content (AvgIpc) is 3.01. The molecule has 1 saturated carbocycles. The molecule has 1 amide bonds. The van der Waals surface area contributed by atoms with E-state index in [9.17, 15) is 4.79 Å². The van der Waals surface area contributed by atoms with Gasteiger partial charge in [-0.15, -0.1) is 0 Å². The fourth-order valence-electron chi connectivity index (χ4n) is 1.28. The lowest BCUT2D eigenvalue weighted by Crippen LogP contribution is -2.43. The number of carbonyl (C=O) groups excluding carboxylic acids is 1. The molecule has 0 aliphatic heterocycles. The first-order chi connectivity index (χ1) is 7.24. The number of hydrogen-bond acceptors (Lipinski definition) is 3. The third-order valence-corrected chi connectivity index (χ3v) is 2.44. The Labute approximate surface area is 91.8 Å². The summed E-state index contributed by atoms with van der Waals surface area (Å²) < 4.78 is 5.21. The van der Waals surface area contributed by atoms with Gasteiger partial charge in [0.15, 0.2) is 0 Å². The van der Waals surface area contributed by atoms with Crippen molar-refractivity contribution in [2.45, 2.75) is 45.2 Å². The predicted molar refractivity (Wildman–Crippen MR) is 59.7 cm³/mol. The Balaban J connectivity index is 1.96. The lowest BCUT2D eigenvalue weighted by atomic mass is 10.3. The maximum atomic E-state index is 11.5. The third kappa shape index (κ3) is 5.74. The summed E-state index contributed by atoms with van der Waals surface area (Å²) in [6, 6.07) is 0.359. The van der Waals surface area contributed by atoms with E-state index in [0.29, 0.717) is 6.04 Å². The Bertz CT molecular complexity index is 193. The van der Waals surface area contributed by atoms with Crippen LogP contribution in [-0.4, -0.2) is 37.7 Å². The molecule has 88 valence electrons. The van der Waals surface area contributed by atoms with Crippen LogP contribution in [0.5, 0.6) is 0 Å². The van der Waals surface area contributed by atoms with Crippen molar-refractivity contribution >= 4 is 5.91 Å². The first-order valence-electron chi connectivity index (χ1n) is 5.85. The zero-order chi connectivity index (χ0) is 11.1. The maximum absolute atomic E-state index is 11.5. The van der Waals surface area contributed by atoms with Gasteiger partial charge in [0.25, 0.3) is 0 Å². The second-order valence-electron chi connectivity index (χ2n) is 4.01. The molecular formula is C11H22N2O2. The number of carbonyl (C=O) groups is 1. The number of amides is 1. The van der Waals surface area contributed by atoms with E-state index in [0.717, 1.165) is 39.0 Å². The first kappa shape index (κ1) is 12.5. The molecule has 4 nitrogen and oxygen atoms in total. The van der Waals surface area contributed by atoms with Gasteiger partial charge in [-0.2, -0.15) is 0 Å². The summed E-state index contributed by atoms with van der Waals surface area (Å²) in [6.07, 6.45) is 3.24. The quantitative estimate of drug-likeness (QED) is 0.584. The van der Waals surface area contributed by atoms with Gasteiger partial charge in [-0.3, -0.25) is 4.79 Å². The molecule has 2 N–H and O–H groups in total. The van der Waals surface area contributed by atoms with E-state index >= 15 is 0 Å². The molecule has 1 aliphatic carbocycles. The molecule has 0 saturated heterocycles. The minimum atomic E-state index is -0.0905. The fraction of sp³-hybridized carbons (Fsp3) is 0.909. The summed E-state index contributed by atoms with van der Waals surface area (Å²) in [5.74, 6) is 0.119. The molecule has 0 aromatic carbocycles. The highest BCUT2D eigenvalue weighted by molar-refractivity contribution is 5.81. The first-order valence-corrected chi connectivity index (χ1v) is 5.85. The van der Waals surface area contributed by atoms with Gasteiger partial charge < -0.3 is 15.4 Å². The van der Waals surface area contributed by atoms with E-state index in [4.69, 9.17) is 4.74 Å². The van der Waals surface area contributed by atoms with Crippen LogP contribution in [0.2, 0.25) is 0 Å². The fourth-order valence-corrected chi connectivity index (χ4v) is 1.28. The number of hydrogen-bond donors (Lipinski definition) is 2.